The van der Waals surface area contributed by atoms with Crippen LogP contribution in [0.15, 0.2) is 18.2 Å². The number of benzene rings is 1. The lowest BCUT2D eigenvalue weighted by Gasteiger charge is -2.44. The van der Waals surface area contributed by atoms with Crippen LogP contribution in [0.5, 0.6) is 5.75 Å². The molecule has 29 heavy (non-hydrogen) atoms. The number of nitrogens with one attached hydrogen (secondary N) is 2. The van der Waals surface area contributed by atoms with E-state index < -0.39 is 5.60 Å². The zero-order valence-electron chi connectivity index (χ0n) is 17.3. The number of nitrogens with two attached hydrogens (primary N) is 1. The van der Waals surface area contributed by atoms with Crippen LogP contribution in [0.1, 0.15) is 45.6 Å². The Morgan fingerprint density at radius 1 is 1.38 bits per heavy atom. The first kappa shape index (κ1) is 20.2. The van der Waals surface area contributed by atoms with Gasteiger partial charge in [-0.3, -0.25) is 0 Å². The number of hydrogen-bond donors (Lipinski definition) is 3. The van der Waals surface area contributed by atoms with Gasteiger partial charge in [0, 0.05) is 35.8 Å². The lowest BCUT2D eigenvalue weighted by molar-refractivity contribution is 0.000213. The number of fused-ring (bicyclic) bond motifs is 1. The summed E-state index contributed by atoms with van der Waals surface area (Å²) in [6.07, 6.45) is 3.29. The molecule has 4 N–H and O–H groups in total. The van der Waals surface area contributed by atoms with E-state index in [0.717, 1.165) is 42.7 Å². The van der Waals surface area contributed by atoms with E-state index in [1.165, 1.54) is 0 Å². The predicted octanol–water partition coefficient (Wildman–Crippen LogP) is 2.78. The van der Waals surface area contributed by atoms with Gasteiger partial charge in [-0.2, -0.15) is 0 Å². The minimum Gasteiger partial charge on any atom is -0.493 e. The number of thiocarbonyl (C=S) groups is 1. The number of anilines is 1. The van der Waals surface area contributed by atoms with Crippen LogP contribution in [-0.4, -0.2) is 52.5 Å². The summed E-state index contributed by atoms with van der Waals surface area (Å²) in [5, 5.41) is 7.11. The lowest BCUT2D eigenvalue weighted by atomic mass is 9.92. The van der Waals surface area contributed by atoms with Crippen molar-refractivity contribution >= 4 is 29.1 Å². The van der Waals surface area contributed by atoms with Gasteiger partial charge in [-0.25, -0.2) is 4.79 Å². The second-order valence-corrected chi connectivity index (χ2v) is 9.68. The van der Waals surface area contributed by atoms with Crippen LogP contribution in [0.25, 0.3) is 0 Å². The summed E-state index contributed by atoms with van der Waals surface area (Å²) in [7, 11) is 0. The van der Waals surface area contributed by atoms with E-state index in [2.05, 4.69) is 10.6 Å². The van der Waals surface area contributed by atoms with Gasteiger partial charge in [0.15, 0.2) is 5.11 Å². The van der Waals surface area contributed by atoms with Gasteiger partial charge in [0.05, 0.1) is 12.6 Å². The molecule has 1 aliphatic carbocycles. The van der Waals surface area contributed by atoms with Gasteiger partial charge in [0.1, 0.15) is 11.4 Å². The van der Waals surface area contributed by atoms with Crippen molar-refractivity contribution in [3.05, 3.63) is 23.8 Å². The van der Waals surface area contributed by atoms with E-state index in [1.54, 1.807) is 0 Å². The minimum absolute atomic E-state index is 0.0826. The van der Waals surface area contributed by atoms with E-state index in [1.807, 2.05) is 43.9 Å². The molecular weight excluding hydrogens is 388 g/mol. The molecule has 2 atom stereocenters. The highest BCUT2D eigenvalue weighted by atomic mass is 32.1. The smallest absolute Gasteiger partial charge is 0.410 e. The van der Waals surface area contributed by atoms with E-state index in [9.17, 15) is 4.79 Å². The predicted molar refractivity (Wildman–Crippen MR) is 116 cm³/mol. The molecule has 4 rings (SSSR count). The molecule has 0 radical (unpaired) electrons. The number of carbonyl (C=O) groups excluding carboxylic acids is 1. The Labute approximate surface area is 177 Å². The van der Waals surface area contributed by atoms with Gasteiger partial charge in [-0.05, 0) is 64.4 Å². The molecule has 1 saturated carbocycles. The maximum atomic E-state index is 12.8. The summed E-state index contributed by atoms with van der Waals surface area (Å²) in [5.74, 6) is 0.902. The highest BCUT2D eigenvalue weighted by Gasteiger charge is 2.56. The molecule has 0 aromatic heterocycles. The third kappa shape index (κ3) is 4.28. The molecule has 2 heterocycles. The molecular formula is C21H30N4O3S. The normalized spacial score (nSPS) is 24.5. The Balaban J connectivity index is 1.42. The topological polar surface area (TPSA) is 88.8 Å². The summed E-state index contributed by atoms with van der Waals surface area (Å²) >= 11 is 5.55. The largest absolute Gasteiger partial charge is 0.493 e. The van der Waals surface area contributed by atoms with Crippen LogP contribution in [0, 0.1) is 0 Å². The monoisotopic (exact) mass is 418 g/mol. The van der Waals surface area contributed by atoms with Crippen LogP contribution < -0.4 is 21.1 Å². The summed E-state index contributed by atoms with van der Waals surface area (Å²) in [6, 6.07) is 5.69. The zero-order chi connectivity index (χ0) is 20.8. The highest BCUT2D eigenvalue weighted by molar-refractivity contribution is 7.80. The lowest BCUT2D eigenvalue weighted by Crippen LogP contribution is -2.64. The molecule has 7 nitrogen and oxygen atoms in total. The molecule has 1 aromatic rings. The average Bonchev–Trinajstić information content (AvgIpc) is 3.19. The number of hydrogen-bond acceptors (Lipinski definition) is 5. The first-order chi connectivity index (χ1) is 13.7. The van der Waals surface area contributed by atoms with Crippen molar-refractivity contribution in [2.45, 2.75) is 69.7 Å². The van der Waals surface area contributed by atoms with Crippen molar-refractivity contribution in [2.24, 2.45) is 5.73 Å². The fraction of sp³-hybridized carbons (Fsp3) is 0.619. The van der Waals surface area contributed by atoms with Crippen molar-refractivity contribution < 1.29 is 14.3 Å². The van der Waals surface area contributed by atoms with Crippen LogP contribution >= 0.6 is 12.2 Å². The van der Waals surface area contributed by atoms with Gasteiger partial charge in [-0.1, -0.05) is 6.07 Å². The SMILES string of the molecule is CC(C)(C)OC(=O)N1C[C@@H](NC(=S)Nc2cccc3c2CCO3)[C@@H](N)CC12CC2. The minimum atomic E-state index is -0.526. The van der Waals surface area contributed by atoms with Crippen LogP contribution in [-0.2, 0) is 11.2 Å². The van der Waals surface area contributed by atoms with Gasteiger partial charge in [-0.15, -0.1) is 0 Å². The number of carbonyl (C=O) groups is 1. The van der Waals surface area contributed by atoms with Crippen molar-refractivity contribution in [3.63, 3.8) is 0 Å². The number of ether oxygens (including phenoxy) is 2. The quantitative estimate of drug-likeness (QED) is 0.637. The van der Waals surface area contributed by atoms with Crippen LogP contribution in [0.2, 0.25) is 0 Å². The highest BCUT2D eigenvalue weighted by Crippen LogP contribution is 2.48. The molecule has 158 valence electrons. The maximum absolute atomic E-state index is 12.8. The molecule has 0 bridgehead atoms. The molecule has 1 amide bonds. The maximum Gasteiger partial charge on any atom is 0.410 e. The van der Waals surface area contributed by atoms with Gasteiger partial charge in [0.2, 0.25) is 0 Å². The first-order valence-corrected chi connectivity index (χ1v) is 10.7. The fourth-order valence-electron chi connectivity index (χ4n) is 4.24. The standard InChI is InChI=1S/C21H30N4O3S/c1-20(2,3)28-19(26)25-12-16(14(22)11-21(25)8-9-21)24-18(29)23-15-5-4-6-17-13(15)7-10-27-17/h4-6,14,16H,7-12,22H2,1-3H3,(H2,23,24,29)/t14-,16+/m0/s1. The Kier molecular flexibility index (Phi) is 5.11. The number of rotatable bonds is 2. The number of nitrogens with zero attached hydrogens (tertiary/aromatic N) is 1. The number of amides is 1. The summed E-state index contributed by atoms with van der Waals surface area (Å²) < 4.78 is 11.3. The molecule has 8 heteroatoms. The second kappa shape index (κ2) is 7.32. The summed E-state index contributed by atoms with van der Waals surface area (Å²) in [6.45, 7) is 6.83. The summed E-state index contributed by atoms with van der Waals surface area (Å²) in [5.41, 5.74) is 7.88. The molecule has 0 unspecified atom stereocenters. The molecule has 2 fully saturated rings. The van der Waals surface area contributed by atoms with E-state index in [0.29, 0.717) is 18.3 Å². The summed E-state index contributed by atoms with van der Waals surface area (Å²) in [4.78, 5) is 14.7. The Bertz CT molecular complexity index is 819. The van der Waals surface area contributed by atoms with Crippen molar-refractivity contribution in [2.75, 3.05) is 18.5 Å². The van der Waals surface area contributed by atoms with E-state index in [4.69, 9.17) is 27.4 Å². The van der Waals surface area contributed by atoms with Gasteiger partial charge in [0.25, 0.3) is 0 Å². The molecule has 1 saturated heterocycles. The molecule has 2 aliphatic heterocycles. The van der Waals surface area contributed by atoms with Crippen LogP contribution in [0.3, 0.4) is 0 Å². The number of likely N-dealkylation sites (tertiary alicyclic amines) is 1. The Morgan fingerprint density at radius 3 is 2.83 bits per heavy atom. The zero-order valence-corrected chi connectivity index (χ0v) is 18.1. The average molecular weight is 419 g/mol. The first-order valence-electron chi connectivity index (χ1n) is 10.3. The van der Waals surface area contributed by atoms with E-state index >= 15 is 0 Å². The third-order valence-electron chi connectivity index (χ3n) is 5.83. The Morgan fingerprint density at radius 2 is 2.14 bits per heavy atom. The molecule has 3 aliphatic rings. The van der Waals surface area contributed by atoms with Crippen molar-refractivity contribution in [3.8, 4) is 5.75 Å². The second-order valence-electron chi connectivity index (χ2n) is 9.27. The third-order valence-corrected chi connectivity index (χ3v) is 6.05. The van der Waals surface area contributed by atoms with Crippen LogP contribution in [0.4, 0.5) is 10.5 Å². The molecule has 1 aromatic carbocycles. The van der Waals surface area contributed by atoms with Gasteiger partial charge < -0.3 is 30.7 Å². The Hall–Kier alpha value is -2.06. The fourth-order valence-corrected chi connectivity index (χ4v) is 4.50. The van der Waals surface area contributed by atoms with Crippen molar-refractivity contribution in [1.82, 2.24) is 10.2 Å². The van der Waals surface area contributed by atoms with Crippen molar-refractivity contribution in [1.29, 1.82) is 0 Å². The van der Waals surface area contributed by atoms with E-state index in [-0.39, 0.29) is 23.7 Å². The number of piperidine rings is 1. The van der Waals surface area contributed by atoms with Gasteiger partial charge >= 0.3 is 6.09 Å². The molecule has 1 spiro atoms.